The minimum Gasteiger partial charge on any atom is -0.495 e. The van der Waals surface area contributed by atoms with Crippen LogP contribution in [0.25, 0.3) is 0 Å². The number of carbonyl (C=O) groups excluding carboxylic acids is 1. The van der Waals surface area contributed by atoms with Gasteiger partial charge in [-0.05, 0) is 17.7 Å². The first-order valence-electron chi connectivity index (χ1n) is 6.54. The molecule has 0 aromatic heterocycles. The lowest BCUT2D eigenvalue weighted by molar-refractivity contribution is -0.114. The van der Waals surface area contributed by atoms with E-state index in [1.54, 1.807) is 7.11 Å². The van der Waals surface area contributed by atoms with Crippen LogP contribution in [0.5, 0.6) is 5.75 Å². The smallest absolute Gasteiger partial charge is 0.221 e. The second-order valence-electron chi connectivity index (χ2n) is 4.70. The molecule has 1 aromatic rings. The highest BCUT2D eigenvalue weighted by Gasteiger charge is 2.12. The average Bonchev–Trinajstić information content (AvgIpc) is 2.81. The molecule has 0 unspecified atom stereocenters. The monoisotopic (exact) mass is 404 g/mol. The molecule has 0 saturated carbocycles. The zero-order valence-electron chi connectivity index (χ0n) is 12.5. The largest absolute Gasteiger partial charge is 0.495 e. The Morgan fingerprint density at radius 1 is 1.48 bits per heavy atom. The van der Waals surface area contributed by atoms with Gasteiger partial charge in [-0.25, -0.2) is 0 Å². The second kappa shape index (κ2) is 8.06. The molecule has 0 atom stereocenters. The highest BCUT2D eigenvalue weighted by molar-refractivity contribution is 14.0. The third kappa shape index (κ3) is 4.76. The second-order valence-corrected chi connectivity index (χ2v) is 4.70. The first kappa shape index (κ1) is 17.5. The number of benzene rings is 1. The van der Waals surface area contributed by atoms with Crippen molar-refractivity contribution in [2.45, 2.75) is 13.5 Å². The van der Waals surface area contributed by atoms with Crippen LogP contribution in [0.4, 0.5) is 5.69 Å². The zero-order valence-corrected chi connectivity index (χ0v) is 14.8. The van der Waals surface area contributed by atoms with Gasteiger partial charge in [-0.2, -0.15) is 0 Å². The first-order valence-corrected chi connectivity index (χ1v) is 6.54. The van der Waals surface area contributed by atoms with Crippen molar-refractivity contribution in [1.82, 2.24) is 10.2 Å². The quantitative estimate of drug-likeness (QED) is 0.750. The molecular formula is C14H21IN4O2. The molecule has 0 saturated heterocycles. The van der Waals surface area contributed by atoms with Gasteiger partial charge in [0, 0.05) is 27.1 Å². The van der Waals surface area contributed by atoms with Gasteiger partial charge in [-0.3, -0.25) is 9.79 Å². The fourth-order valence-electron chi connectivity index (χ4n) is 2.06. The molecule has 1 aliphatic rings. The van der Waals surface area contributed by atoms with Gasteiger partial charge >= 0.3 is 0 Å². The number of hydrogen-bond donors (Lipinski definition) is 2. The topological polar surface area (TPSA) is 66.0 Å². The maximum Gasteiger partial charge on any atom is 0.221 e. The van der Waals surface area contributed by atoms with Gasteiger partial charge in [-0.15, -0.1) is 24.0 Å². The predicted molar refractivity (Wildman–Crippen MR) is 94.5 cm³/mol. The number of methoxy groups -OCH3 is 1. The Labute approximate surface area is 142 Å². The Hall–Kier alpha value is -1.51. The molecule has 0 spiro atoms. The number of halogens is 1. The molecule has 6 nitrogen and oxygen atoms in total. The number of amides is 1. The molecule has 1 aliphatic heterocycles. The third-order valence-electron chi connectivity index (χ3n) is 3.08. The summed E-state index contributed by atoms with van der Waals surface area (Å²) in [7, 11) is 3.59. The van der Waals surface area contributed by atoms with Crippen molar-refractivity contribution in [1.29, 1.82) is 0 Å². The highest BCUT2D eigenvalue weighted by Crippen LogP contribution is 2.25. The molecule has 0 bridgehead atoms. The van der Waals surface area contributed by atoms with Crippen LogP contribution in [-0.4, -0.2) is 44.0 Å². The summed E-state index contributed by atoms with van der Waals surface area (Å²) in [5.74, 6) is 1.44. The fraction of sp³-hybridized carbons (Fsp3) is 0.429. The molecule has 2 rings (SSSR count). The molecule has 1 aromatic carbocycles. The van der Waals surface area contributed by atoms with Crippen LogP contribution in [0.2, 0.25) is 0 Å². The van der Waals surface area contributed by atoms with Crippen LogP contribution in [0.1, 0.15) is 12.5 Å². The summed E-state index contributed by atoms with van der Waals surface area (Å²) in [5.41, 5.74) is 1.73. The summed E-state index contributed by atoms with van der Waals surface area (Å²) < 4.78 is 5.23. The molecular weight excluding hydrogens is 383 g/mol. The maximum absolute atomic E-state index is 11.2. The van der Waals surface area contributed by atoms with E-state index >= 15 is 0 Å². The number of carbonyl (C=O) groups is 1. The van der Waals surface area contributed by atoms with E-state index in [1.165, 1.54) is 6.92 Å². The lowest BCUT2D eigenvalue weighted by Crippen LogP contribution is -2.35. The number of likely N-dealkylation sites (N-methyl/N-ethyl adjacent to an activating group) is 1. The van der Waals surface area contributed by atoms with Crippen molar-refractivity contribution in [3.8, 4) is 5.75 Å². The van der Waals surface area contributed by atoms with Gasteiger partial charge < -0.3 is 20.3 Å². The molecule has 0 fully saturated rings. The molecule has 1 amide bonds. The van der Waals surface area contributed by atoms with E-state index in [-0.39, 0.29) is 29.9 Å². The van der Waals surface area contributed by atoms with Crippen LogP contribution in [0.15, 0.2) is 23.2 Å². The van der Waals surface area contributed by atoms with Crippen molar-refractivity contribution in [2.24, 2.45) is 4.99 Å². The van der Waals surface area contributed by atoms with Crippen molar-refractivity contribution >= 4 is 41.5 Å². The molecule has 0 radical (unpaired) electrons. The van der Waals surface area contributed by atoms with E-state index in [4.69, 9.17) is 4.74 Å². The summed E-state index contributed by atoms with van der Waals surface area (Å²) in [4.78, 5) is 17.6. The normalized spacial score (nSPS) is 13.3. The Morgan fingerprint density at radius 2 is 2.24 bits per heavy atom. The number of aliphatic imine (C=N–C) groups is 1. The predicted octanol–water partition coefficient (Wildman–Crippen LogP) is 1.66. The minimum atomic E-state index is -0.117. The summed E-state index contributed by atoms with van der Waals surface area (Å²) in [6, 6.07) is 5.72. The van der Waals surface area contributed by atoms with Gasteiger partial charge in [0.1, 0.15) is 5.75 Å². The van der Waals surface area contributed by atoms with Gasteiger partial charge in [0.05, 0.1) is 19.3 Å². The first-order chi connectivity index (χ1) is 9.60. The van der Waals surface area contributed by atoms with Crippen LogP contribution in [-0.2, 0) is 11.3 Å². The Kier molecular flexibility index (Phi) is 6.73. The number of ether oxygens (including phenoxy) is 1. The van der Waals surface area contributed by atoms with E-state index in [2.05, 4.69) is 20.5 Å². The van der Waals surface area contributed by atoms with Crippen molar-refractivity contribution < 1.29 is 9.53 Å². The minimum absolute atomic E-state index is 0. The van der Waals surface area contributed by atoms with Gasteiger partial charge in [0.15, 0.2) is 5.96 Å². The van der Waals surface area contributed by atoms with Crippen molar-refractivity contribution in [3.05, 3.63) is 23.8 Å². The Morgan fingerprint density at radius 3 is 2.81 bits per heavy atom. The molecule has 2 N–H and O–H groups in total. The van der Waals surface area contributed by atoms with E-state index in [9.17, 15) is 4.79 Å². The average molecular weight is 404 g/mol. The number of nitrogens with one attached hydrogen (secondary N) is 2. The van der Waals surface area contributed by atoms with Crippen LogP contribution in [0.3, 0.4) is 0 Å². The van der Waals surface area contributed by atoms with Crippen LogP contribution in [0, 0.1) is 0 Å². The summed E-state index contributed by atoms with van der Waals surface area (Å²) >= 11 is 0. The van der Waals surface area contributed by atoms with E-state index < -0.39 is 0 Å². The fourth-order valence-corrected chi connectivity index (χ4v) is 2.06. The number of nitrogens with zero attached hydrogens (tertiary/aromatic N) is 2. The highest BCUT2D eigenvalue weighted by atomic mass is 127. The molecule has 7 heteroatoms. The van der Waals surface area contributed by atoms with Gasteiger partial charge in [-0.1, -0.05) is 6.07 Å². The van der Waals surface area contributed by atoms with Crippen molar-refractivity contribution in [3.63, 3.8) is 0 Å². The number of guanidine groups is 1. The Balaban J connectivity index is 0.00000220. The lowest BCUT2D eigenvalue weighted by Gasteiger charge is -2.16. The zero-order chi connectivity index (χ0) is 14.5. The third-order valence-corrected chi connectivity index (χ3v) is 3.08. The van der Waals surface area contributed by atoms with Crippen LogP contribution >= 0.6 is 24.0 Å². The molecule has 21 heavy (non-hydrogen) atoms. The van der Waals surface area contributed by atoms with Gasteiger partial charge in [0.25, 0.3) is 0 Å². The summed E-state index contributed by atoms with van der Waals surface area (Å²) in [6.45, 7) is 3.91. The summed E-state index contributed by atoms with van der Waals surface area (Å²) in [5, 5.41) is 6.06. The number of rotatable bonds is 4. The SMILES string of the molecule is COc1ccc(CNC2=NCCN2C)cc1NC(C)=O.I. The van der Waals surface area contributed by atoms with E-state index in [1.807, 2.05) is 25.2 Å². The molecule has 1 heterocycles. The number of hydrogen-bond acceptors (Lipinski definition) is 5. The van der Waals surface area contributed by atoms with Crippen molar-refractivity contribution in [2.75, 3.05) is 32.6 Å². The maximum atomic E-state index is 11.2. The molecule has 116 valence electrons. The van der Waals surface area contributed by atoms with Gasteiger partial charge in [0.2, 0.25) is 5.91 Å². The standard InChI is InChI=1S/C14H20N4O2.HI/c1-10(19)17-12-8-11(4-5-13(12)20-3)9-16-14-15-6-7-18(14)2;/h4-5,8H,6-7,9H2,1-3H3,(H,15,16)(H,17,19);1H. The number of anilines is 1. The Bertz CT molecular complexity index is 534. The van der Waals surface area contributed by atoms with E-state index in [0.29, 0.717) is 18.0 Å². The van der Waals surface area contributed by atoms with E-state index in [0.717, 1.165) is 24.6 Å². The summed E-state index contributed by atoms with van der Waals surface area (Å²) in [6.07, 6.45) is 0. The van der Waals surface area contributed by atoms with Crippen LogP contribution < -0.4 is 15.4 Å². The molecule has 0 aliphatic carbocycles. The lowest BCUT2D eigenvalue weighted by atomic mass is 10.2.